The van der Waals surface area contributed by atoms with Gasteiger partial charge in [0, 0.05) is 37.1 Å². The molecular formula is C17H18F3N7O. The summed E-state index contributed by atoms with van der Waals surface area (Å²) in [4.78, 5) is 25.7. The Kier molecular flexibility index (Phi) is 4.52. The number of nitrogens with zero attached hydrogens (tertiary/aromatic N) is 5. The second-order valence-electron chi connectivity index (χ2n) is 6.87. The Bertz CT molecular complexity index is 1030. The number of hydrogen-bond donors (Lipinski definition) is 2. The van der Waals surface area contributed by atoms with Crippen molar-refractivity contribution in [2.24, 2.45) is 0 Å². The number of H-pyrrole nitrogens is 1. The number of aromatic nitrogens is 5. The number of aromatic amines is 1. The molecule has 4 rings (SSSR count). The summed E-state index contributed by atoms with van der Waals surface area (Å²) in [6.45, 7) is 2.89. The van der Waals surface area contributed by atoms with Gasteiger partial charge in [0.05, 0.1) is 11.8 Å². The second kappa shape index (κ2) is 6.88. The van der Waals surface area contributed by atoms with Gasteiger partial charge in [-0.15, -0.1) is 10.2 Å². The van der Waals surface area contributed by atoms with E-state index in [0.29, 0.717) is 42.4 Å². The molecule has 0 aliphatic carbocycles. The number of amides is 1. The first kappa shape index (κ1) is 18.4. The maximum atomic E-state index is 12.3. The van der Waals surface area contributed by atoms with E-state index in [1.54, 1.807) is 6.20 Å². The molecular weight excluding hydrogens is 375 g/mol. The molecule has 4 heterocycles. The van der Waals surface area contributed by atoms with Crippen molar-refractivity contribution in [1.29, 1.82) is 0 Å². The van der Waals surface area contributed by atoms with E-state index in [1.165, 1.54) is 0 Å². The Morgan fingerprint density at radius 3 is 3.00 bits per heavy atom. The topological polar surface area (TPSA) is 99.7 Å². The van der Waals surface area contributed by atoms with Crippen molar-refractivity contribution in [3.05, 3.63) is 18.1 Å². The zero-order valence-electron chi connectivity index (χ0n) is 15.0. The van der Waals surface area contributed by atoms with Gasteiger partial charge in [0.15, 0.2) is 11.3 Å². The Labute approximate surface area is 157 Å². The van der Waals surface area contributed by atoms with Crippen LogP contribution < -0.4 is 10.2 Å². The molecule has 148 valence electrons. The predicted octanol–water partition coefficient (Wildman–Crippen LogP) is 2.25. The van der Waals surface area contributed by atoms with Crippen molar-refractivity contribution in [2.45, 2.75) is 38.4 Å². The van der Waals surface area contributed by atoms with E-state index in [0.717, 1.165) is 10.8 Å². The molecule has 1 aliphatic heterocycles. The molecule has 1 fully saturated rings. The standard InChI is InChI=1S/C17H18F3N7O/c1-9-22-15-13(11-3-6-21-14(11)25-26-15)16(23-9)27-7-4-10(8-27)24-12(28)2-5-17(18,19)20/h3,6,10H,2,4-5,7-8H2,1H3,(H,24,28)(H,22,23,26). The van der Waals surface area contributed by atoms with Crippen LogP contribution in [0.3, 0.4) is 0 Å². The number of anilines is 1. The lowest BCUT2D eigenvalue weighted by Gasteiger charge is -2.20. The number of nitrogens with one attached hydrogen (secondary N) is 2. The summed E-state index contributed by atoms with van der Waals surface area (Å²) in [7, 11) is 0. The molecule has 11 heteroatoms. The second-order valence-corrected chi connectivity index (χ2v) is 6.87. The molecule has 1 aliphatic rings. The van der Waals surface area contributed by atoms with E-state index < -0.39 is 24.9 Å². The van der Waals surface area contributed by atoms with Crippen LogP contribution in [0.1, 0.15) is 25.1 Å². The number of fused-ring (bicyclic) bond motifs is 3. The number of halogens is 3. The first-order valence-corrected chi connectivity index (χ1v) is 8.89. The average Bonchev–Trinajstić information content (AvgIpc) is 3.27. The Morgan fingerprint density at radius 2 is 2.21 bits per heavy atom. The molecule has 3 aromatic heterocycles. The molecule has 0 aromatic carbocycles. The minimum absolute atomic E-state index is 0.231. The molecule has 28 heavy (non-hydrogen) atoms. The molecule has 0 saturated carbocycles. The Morgan fingerprint density at radius 1 is 1.39 bits per heavy atom. The van der Waals surface area contributed by atoms with Gasteiger partial charge >= 0.3 is 6.18 Å². The van der Waals surface area contributed by atoms with Gasteiger partial charge < -0.3 is 15.2 Å². The van der Waals surface area contributed by atoms with Crippen molar-refractivity contribution >= 4 is 33.8 Å². The van der Waals surface area contributed by atoms with Crippen LogP contribution in [0.15, 0.2) is 12.3 Å². The van der Waals surface area contributed by atoms with Gasteiger partial charge in [0.2, 0.25) is 5.91 Å². The number of alkyl halides is 3. The summed E-state index contributed by atoms with van der Waals surface area (Å²) in [5, 5.41) is 12.6. The molecule has 1 saturated heterocycles. The van der Waals surface area contributed by atoms with Crippen molar-refractivity contribution in [2.75, 3.05) is 18.0 Å². The van der Waals surface area contributed by atoms with Crippen LogP contribution in [0.25, 0.3) is 22.1 Å². The number of rotatable bonds is 4. The van der Waals surface area contributed by atoms with Crippen LogP contribution in [0, 0.1) is 6.92 Å². The summed E-state index contributed by atoms with van der Waals surface area (Å²) < 4.78 is 36.9. The van der Waals surface area contributed by atoms with Gasteiger partial charge in [-0.1, -0.05) is 0 Å². The van der Waals surface area contributed by atoms with Crippen molar-refractivity contribution in [1.82, 2.24) is 30.5 Å². The third kappa shape index (κ3) is 3.69. The normalized spacial score (nSPS) is 17.6. The first-order valence-electron chi connectivity index (χ1n) is 8.89. The van der Waals surface area contributed by atoms with Crippen molar-refractivity contribution in [3.63, 3.8) is 0 Å². The highest BCUT2D eigenvalue weighted by atomic mass is 19.4. The fourth-order valence-electron chi connectivity index (χ4n) is 3.46. The van der Waals surface area contributed by atoms with E-state index in [1.807, 2.05) is 17.9 Å². The summed E-state index contributed by atoms with van der Waals surface area (Å²) in [6.07, 6.45) is -3.73. The van der Waals surface area contributed by atoms with Crippen LogP contribution in [0.5, 0.6) is 0 Å². The van der Waals surface area contributed by atoms with E-state index in [4.69, 9.17) is 0 Å². The van der Waals surface area contributed by atoms with Gasteiger partial charge in [-0.25, -0.2) is 9.97 Å². The van der Waals surface area contributed by atoms with Crippen LogP contribution in [-0.2, 0) is 4.79 Å². The maximum Gasteiger partial charge on any atom is 0.389 e. The Hall–Kier alpha value is -2.98. The van der Waals surface area contributed by atoms with Gasteiger partial charge in [-0.2, -0.15) is 13.2 Å². The number of carbonyl (C=O) groups excluding carboxylic acids is 1. The van der Waals surface area contributed by atoms with Gasteiger partial charge in [-0.3, -0.25) is 4.79 Å². The molecule has 1 amide bonds. The van der Waals surface area contributed by atoms with Crippen LogP contribution >= 0.6 is 0 Å². The predicted molar refractivity (Wildman–Crippen MR) is 95.8 cm³/mol. The van der Waals surface area contributed by atoms with E-state index in [9.17, 15) is 18.0 Å². The molecule has 0 bridgehead atoms. The fourth-order valence-corrected chi connectivity index (χ4v) is 3.46. The monoisotopic (exact) mass is 393 g/mol. The van der Waals surface area contributed by atoms with E-state index in [2.05, 4.69) is 30.5 Å². The van der Waals surface area contributed by atoms with Crippen LogP contribution in [0.4, 0.5) is 19.0 Å². The summed E-state index contributed by atoms with van der Waals surface area (Å²) in [5.41, 5.74) is 1.10. The molecule has 3 aromatic rings. The number of aryl methyl sites for hydroxylation is 1. The molecule has 0 spiro atoms. The maximum absolute atomic E-state index is 12.3. The Balaban J connectivity index is 1.55. The van der Waals surface area contributed by atoms with Crippen molar-refractivity contribution in [3.8, 4) is 0 Å². The highest BCUT2D eigenvalue weighted by Gasteiger charge is 2.30. The average molecular weight is 393 g/mol. The molecule has 0 radical (unpaired) electrons. The van der Waals surface area contributed by atoms with Gasteiger partial charge in [0.25, 0.3) is 0 Å². The minimum atomic E-state index is -4.33. The lowest BCUT2D eigenvalue weighted by molar-refractivity contribution is -0.144. The molecule has 1 unspecified atom stereocenters. The summed E-state index contributed by atoms with van der Waals surface area (Å²) in [6, 6.07) is 1.61. The molecule has 2 N–H and O–H groups in total. The van der Waals surface area contributed by atoms with Gasteiger partial charge in [0.1, 0.15) is 11.6 Å². The molecule has 8 nitrogen and oxygen atoms in total. The number of hydrogen-bond acceptors (Lipinski definition) is 6. The third-order valence-corrected chi connectivity index (χ3v) is 4.71. The highest BCUT2D eigenvalue weighted by molar-refractivity contribution is 6.07. The summed E-state index contributed by atoms with van der Waals surface area (Å²) >= 11 is 0. The lowest BCUT2D eigenvalue weighted by Crippen LogP contribution is -2.37. The number of carbonyl (C=O) groups is 1. The third-order valence-electron chi connectivity index (χ3n) is 4.71. The fraction of sp³-hybridized carbons (Fsp3) is 0.471. The van der Waals surface area contributed by atoms with E-state index >= 15 is 0 Å². The summed E-state index contributed by atoms with van der Waals surface area (Å²) in [5.74, 6) is 0.771. The van der Waals surface area contributed by atoms with Crippen LogP contribution in [0.2, 0.25) is 0 Å². The highest BCUT2D eigenvalue weighted by Crippen LogP contribution is 2.31. The lowest BCUT2D eigenvalue weighted by atomic mass is 10.2. The quantitative estimate of drug-likeness (QED) is 0.705. The van der Waals surface area contributed by atoms with Gasteiger partial charge in [-0.05, 0) is 19.4 Å². The van der Waals surface area contributed by atoms with Crippen LogP contribution in [-0.4, -0.2) is 56.4 Å². The van der Waals surface area contributed by atoms with Crippen molar-refractivity contribution < 1.29 is 18.0 Å². The molecule has 1 atom stereocenters. The zero-order chi connectivity index (χ0) is 19.9. The first-order chi connectivity index (χ1) is 13.3. The zero-order valence-corrected chi connectivity index (χ0v) is 15.0. The van der Waals surface area contributed by atoms with E-state index in [-0.39, 0.29) is 6.04 Å². The SMILES string of the molecule is Cc1nc(N2CCC(NC(=O)CCC(F)(F)F)C2)c2c(nnc3nccc32)[nH]1. The minimum Gasteiger partial charge on any atom is -0.354 e. The smallest absolute Gasteiger partial charge is 0.354 e. The largest absolute Gasteiger partial charge is 0.389 e.